The number of benzene rings is 3. The number of halogens is 2. The number of hydrogen-bond donors (Lipinski definition) is 0. The van der Waals surface area contributed by atoms with Crippen molar-refractivity contribution >= 4 is 49.5 Å². The molecule has 0 radical (unpaired) electrons. The summed E-state index contributed by atoms with van der Waals surface area (Å²) in [5.41, 5.74) is 4.00. The maximum Gasteiger partial charge on any atom is 0.137 e. The fourth-order valence-corrected chi connectivity index (χ4v) is 3.39. The smallest absolute Gasteiger partial charge is 0.137 e. The van der Waals surface area contributed by atoms with Gasteiger partial charge in [0.15, 0.2) is 0 Å². The maximum absolute atomic E-state index is 5.96. The molecule has 0 fully saturated rings. The Balaban J connectivity index is 2.00. The van der Waals surface area contributed by atoms with Crippen LogP contribution < -0.4 is 0 Å². The van der Waals surface area contributed by atoms with Gasteiger partial charge >= 0.3 is 0 Å². The minimum atomic E-state index is 0.739. The Kier molecular flexibility index (Phi) is 3.02. The van der Waals surface area contributed by atoms with E-state index in [0.29, 0.717) is 0 Å². The van der Waals surface area contributed by atoms with Crippen LogP contribution in [0.5, 0.6) is 0 Å². The van der Waals surface area contributed by atoms with Crippen molar-refractivity contribution in [2.24, 2.45) is 0 Å². The van der Waals surface area contributed by atoms with E-state index in [2.05, 4.69) is 34.1 Å². The SMILES string of the molecule is Clc1ccc(-c2cc(Br)c3c(c2)oc2ccccc23)cc1. The summed E-state index contributed by atoms with van der Waals surface area (Å²) in [5, 5.41) is 2.98. The van der Waals surface area contributed by atoms with E-state index in [1.165, 1.54) is 0 Å². The third kappa shape index (κ3) is 2.15. The van der Waals surface area contributed by atoms with Gasteiger partial charge in [0.05, 0.1) is 0 Å². The zero-order valence-corrected chi connectivity index (χ0v) is 13.3. The van der Waals surface area contributed by atoms with Gasteiger partial charge in [0.1, 0.15) is 11.2 Å². The number of rotatable bonds is 1. The van der Waals surface area contributed by atoms with E-state index in [4.69, 9.17) is 16.0 Å². The zero-order valence-electron chi connectivity index (χ0n) is 10.9. The predicted molar refractivity (Wildman–Crippen MR) is 91.9 cm³/mol. The fourth-order valence-electron chi connectivity index (χ4n) is 2.61. The molecule has 1 heterocycles. The quantitative estimate of drug-likeness (QED) is 0.371. The lowest BCUT2D eigenvalue weighted by molar-refractivity contribution is 0.669. The van der Waals surface area contributed by atoms with Gasteiger partial charge in [-0.25, -0.2) is 0 Å². The Morgan fingerprint density at radius 3 is 2.38 bits per heavy atom. The molecule has 1 nitrogen and oxygen atoms in total. The molecule has 4 aromatic rings. The molecule has 21 heavy (non-hydrogen) atoms. The van der Waals surface area contributed by atoms with Gasteiger partial charge in [-0.05, 0) is 57.4 Å². The first-order valence-electron chi connectivity index (χ1n) is 6.59. The summed E-state index contributed by atoms with van der Waals surface area (Å²) in [4.78, 5) is 0. The molecular formula is C18H10BrClO. The van der Waals surface area contributed by atoms with Crippen LogP contribution >= 0.6 is 27.5 Å². The Morgan fingerprint density at radius 2 is 1.57 bits per heavy atom. The third-order valence-electron chi connectivity index (χ3n) is 3.61. The Morgan fingerprint density at radius 1 is 0.810 bits per heavy atom. The van der Waals surface area contributed by atoms with E-state index < -0.39 is 0 Å². The first kappa shape index (κ1) is 12.9. The van der Waals surface area contributed by atoms with Crippen LogP contribution in [0.4, 0.5) is 0 Å². The van der Waals surface area contributed by atoms with E-state index in [1.807, 2.05) is 42.5 Å². The van der Waals surface area contributed by atoms with E-state index >= 15 is 0 Å². The molecule has 0 unspecified atom stereocenters. The molecule has 0 aliphatic rings. The average Bonchev–Trinajstić information content (AvgIpc) is 2.86. The van der Waals surface area contributed by atoms with E-state index in [-0.39, 0.29) is 0 Å². The van der Waals surface area contributed by atoms with Gasteiger partial charge in [-0.3, -0.25) is 0 Å². The molecule has 0 amide bonds. The van der Waals surface area contributed by atoms with Crippen molar-refractivity contribution < 1.29 is 4.42 Å². The van der Waals surface area contributed by atoms with Crippen LogP contribution in [0, 0.1) is 0 Å². The highest BCUT2D eigenvalue weighted by atomic mass is 79.9. The molecule has 4 rings (SSSR count). The highest BCUT2D eigenvalue weighted by Gasteiger charge is 2.11. The fraction of sp³-hybridized carbons (Fsp3) is 0. The maximum atomic E-state index is 5.96. The molecule has 0 saturated carbocycles. The summed E-state index contributed by atoms with van der Waals surface area (Å²) >= 11 is 9.62. The third-order valence-corrected chi connectivity index (χ3v) is 4.49. The Bertz CT molecular complexity index is 954. The highest BCUT2D eigenvalue weighted by molar-refractivity contribution is 9.10. The van der Waals surface area contributed by atoms with Crippen LogP contribution in [0.1, 0.15) is 0 Å². The van der Waals surface area contributed by atoms with Crippen molar-refractivity contribution in [3.8, 4) is 11.1 Å². The number of hydrogen-bond acceptors (Lipinski definition) is 1. The molecule has 0 aliphatic carbocycles. The molecular weight excluding hydrogens is 348 g/mol. The standard InChI is InChI=1S/C18H10BrClO/c19-15-9-12(11-5-7-13(20)8-6-11)10-17-18(15)14-3-1-2-4-16(14)21-17/h1-10H. The zero-order chi connectivity index (χ0) is 14.4. The Hall–Kier alpha value is -1.77. The molecule has 0 bridgehead atoms. The molecule has 0 saturated heterocycles. The first-order valence-corrected chi connectivity index (χ1v) is 7.76. The summed E-state index contributed by atoms with van der Waals surface area (Å²) in [6, 6.07) is 20.1. The van der Waals surface area contributed by atoms with Gasteiger partial charge in [-0.15, -0.1) is 0 Å². The van der Waals surface area contributed by atoms with Crippen molar-refractivity contribution in [1.29, 1.82) is 0 Å². The minimum absolute atomic E-state index is 0.739. The monoisotopic (exact) mass is 356 g/mol. The van der Waals surface area contributed by atoms with E-state index in [1.54, 1.807) is 0 Å². The second-order valence-electron chi connectivity index (χ2n) is 4.94. The van der Waals surface area contributed by atoms with Crippen LogP contribution in [-0.2, 0) is 0 Å². The van der Waals surface area contributed by atoms with Crippen LogP contribution in [-0.4, -0.2) is 0 Å². The molecule has 0 atom stereocenters. The van der Waals surface area contributed by atoms with Crippen molar-refractivity contribution in [3.05, 3.63) is 70.2 Å². The molecule has 0 spiro atoms. The summed E-state index contributed by atoms with van der Waals surface area (Å²) in [6.07, 6.45) is 0. The second-order valence-corrected chi connectivity index (χ2v) is 6.23. The van der Waals surface area contributed by atoms with E-state index in [0.717, 1.165) is 42.6 Å². The van der Waals surface area contributed by atoms with Gasteiger partial charge in [0.2, 0.25) is 0 Å². The van der Waals surface area contributed by atoms with Crippen molar-refractivity contribution in [1.82, 2.24) is 0 Å². The van der Waals surface area contributed by atoms with Crippen molar-refractivity contribution in [2.75, 3.05) is 0 Å². The number of furan rings is 1. The Labute approximate surface area is 135 Å². The lowest BCUT2D eigenvalue weighted by Gasteiger charge is -2.04. The summed E-state index contributed by atoms with van der Waals surface area (Å²) in [6.45, 7) is 0. The van der Waals surface area contributed by atoms with Crippen molar-refractivity contribution in [3.63, 3.8) is 0 Å². The van der Waals surface area contributed by atoms with Gasteiger partial charge in [0, 0.05) is 20.3 Å². The van der Waals surface area contributed by atoms with Crippen LogP contribution in [0.15, 0.2) is 69.6 Å². The molecule has 3 aromatic carbocycles. The predicted octanol–water partition coefficient (Wildman–Crippen LogP) is 6.67. The lowest BCUT2D eigenvalue weighted by Crippen LogP contribution is -1.79. The topological polar surface area (TPSA) is 13.1 Å². The number of fused-ring (bicyclic) bond motifs is 3. The van der Waals surface area contributed by atoms with Gasteiger partial charge < -0.3 is 4.42 Å². The summed E-state index contributed by atoms with van der Waals surface area (Å²) < 4.78 is 7.00. The van der Waals surface area contributed by atoms with Crippen LogP contribution in [0.2, 0.25) is 5.02 Å². The van der Waals surface area contributed by atoms with Crippen molar-refractivity contribution in [2.45, 2.75) is 0 Å². The van der Waals surface area contributed by atoms with Crippen LogP contribution in [0.25, 0.3) is 33.1 Å². The van der Waals surface area contributed by atoms with Gasteiger partial charge in [-0.1, -0.05) is 41.9 Å². The van der Waals surface area contributed by atoms with E-state index in [9.17, 15) is 0 Å². The first-order chi connectivity index (χ1) is 10.2. The minimum Gasteiger partial charge on any atom is -0.456 e. The number of para-hydroxylation sites is 1. The molecule has 0 N–H and O–H groups in total. The largest absolute Gasteiger partial charge is 0.456 e. The second kappa shape index (κ2) is 4.90. The summed E-state index contributed by atoms with van der Waals surface area (Å²) in [5.74, 6) is 0. The van der Waals surface area contributed by atoms with Crippen LogP contribution in [0.3, 0.4) is 0 Å². The molecule has 0 aliphatic heterocycles. The molecule has 3 heteroatoms. The molecule has 1 aromatic heterocycles. The highest BCUT2D eigenvalue weighted by Crippen LogP contribution is 2.37. The average molecular weight is 358 g/mol. The van der Waals surface area contributed by atoms with Gasteiger partial charge in [-0.2, -0.15) is 0 Å². The molecule has 102 valence electrons. The summed E-state index contributed by atoms with van der Waals surface area (Å²) in [7, 11) is 0. The lowest BCUT2D eigenvalue weighted by atomic mass is 10.0. The normalized spacial score (nSPS) is 11.3. The van der Waals surface area contributed by atoms with Gasteiger partial charge in [0.25, 0.3) is 0 Å².